The molecule has 2 aliphatic rings. The zero-order chi connectivity index (χ0) is 14.4. The Balaban J connectivity index is 1.77. The van der Waals surface area contributed by atoms with E-state index in [1.165, 1.54) is 0 Å². The van der Waals surface area contributed by atoms with Crippen molar-refractivity contribution in [2.75, 3.05) is 12.8 Å². The third kappa shape index (κ3) is 1.96. The number of ether oxygens (including phenoxy) is 2. The molecule has 2 aliphatic heterocycles. The smallest absolute Gasteiger partial charge is 0.186 e. The molecular weight excluding hydrogens is 270 g/mol. The summed E-state index contributed by atoms with van der Waals surface area (Å²) in [4.78, 5) is 0. The number of nitrogens with zero attached hydrogens (tertiary/aromatic N) is 4. The maximum absolute atomic E-state index is 5.91. The summed E-state index contributed by atoms with van der Waals surface area (Å²) in [5.74, 6) is 1.39. The number of hydrogen-bond donors (Lipinski definition) is 1. The third-order valence-electron chi connectivity index (χ3n) is 4.35. The van der Waals surface area contributed by atoms with E-state index in [0.717, 1.165) is 24.8 Å². The molecule has 2 aromatic rings. The summed E-state index contributed by atoms with van der Waals surface area (Å²) in [5, 5.41) is 12.2. The van der Waals surface area contributed by atoms with E-state index in [9.17, 15) is 0 Å². The molecule has 0 amide bonds. The molecule has 3 heterocycles. The summed E-state index contributed by atoms with van der Waals surface area (Å²) in [6, 6.07) is 5.67. The molecule has 3 unspecified atom stereocenters. The second-order valence-electron chi connectivity index (χ2n) is 5.58. The Morgan fingerprint density at radius 3 is 3.00 bits per heavy atom. The largest absolute Gasteiger partial charge is 0.496 e. The average molecular weight is 287 g/mol. The molecule has 2 bridgehead atoms. The number of methoxy groups -OCH3 is 1. The molecule has 0 spiro atoms. The Bertz CT molecular complexity index is 671. The zero-order valence-corrected chi connectivity index (χ0v) is 11.8. The van der Waals surface area contributed by atoms with Gasteiger partial charge >= 0.3 is 0 Å². The van der Waals surface area contributed by atoms with E-state index in [2.05, 4.69) is 15.5 Å². The lowest BCUT2D eigenvalue weighted by molar-refractivity contribution is 0.0922. The van der Waals surface area contributed by atoms with Gasteiger partial charge in [-0.3, -0.25) is 0 Å². The van der Waals surface area contributed by atoms with Gasteiger partial charge in [0, 0.05) is 5.69 Å². The molecule has 110 valence electrons. The first-order valence-corrected chi connectivity index (χ1v) is 7.13. The molecule has 2 N–H and O–H groups in total. The lowest BCUT2D eigenvalue weighted by atomic mass is 9.95. The van der Waals surface area contributed by atoms with Gasteiger partial charge in [0.2, 0.25) is 0 Å². The highest BCUT2D eigenvalue weighted by atomic mass is 16.5. The number of nitrogen functional groups attached to an aromatic ring is 1. The summed E-state index contributed by atoms with van der Waals surface area (Å²) in [7, 11) is 1.63. The zero-order valence-electron chi connectivity index (χ0n) is 11.8. The van der Waals surface area contributed by atoms with Crippen molar-refractivity contribution in [2.24, 2.45) is 0 Å². The molecular formula is C14H17N5O2. The van der Waals surface area contributed by atoms with Gasteiger partial charge in [-0.25, -0.2) is 4.68 Å². The first-order valence-electron chi connectivity index (χ1n) is 7.13. The van der Waals surface area contributed by atoms with Crippen molar-refractivity contribution in [1.29, 1.82) is 0 Å². The molecule has 7 heteroatoms. The fraction of sp³-hybridized carbons (Fsp3) is 0.500. The normalized spacial score (nSPS) is 27.2. The molecule has 3 atom stereocenters. The van der Waals surface area contributed by atoms with Crippen molar-refractivity contribution in [2.45, 2.75) is 37.5 Å². The van der Waals surface area contributed by atoms with Crippen molar-refractivity contribution in [3.8, 4) is 17.1 Å². The maximum Gasteiger partial charge on any atom is 0.186 e. The summed E-state index contributed by atoms with van der Waals surface area (Å²) in [6.45, 7) is 0. The monoisotopic (exact) mass is 287 g/mol. The maximum atomic E-state index is 5.91. The topological polar surface area (TPSA) is 88.1 Å². The quantitative estimate of drug-likeness (QED) is 0.859. The van der Waals surface area contributed by atoms with Crippen LogP contribution >= 0.6 is 0 Å². The minimum Gasteiger partial charge on any atom is -0.496 e. The third-order valence-corrected chi connectivity index (χ3v) is 4.35. The Morgan fingerprint density at radius 1 is 1.38 bits per heavy atom. The van der Waals surface area contributed by atoms with Crippen LogP contribution in [0, 0.1) is 0 Å². The number of hydrogen-bond acceptors (Lipinski definition) is 6. The van der Waals surface area contributed by atoms with E-state index in [1.807, 2.05) is 16.8 Å². The lowest BCUT2D eigenvalue weighted by Gasteiger charge is -2.20. The summed E-state index contributed by atoms with van der Waals surface area (Å²) in [6.07, 6.45) is 3.74. The van der Waals surface area contributed by atoms with Crippen LogP contribution in [0.3, 0.4) is 0 Å². The fourth-order valence-corrected chi connectivity index (χ4v) is 3.36. The number of nitrogens with two attached hydrogens (primary N) is 1. The summed E-state index contributed by atoms with van der Waals surface area (Å²) < 4.78 is 13.2. The van der Waals surface area contributed by atoms with Crippen molar-refractivity contribution in [3.05, 3.63) is 18.2 Å². The highest BCUT2D eigenvalue weighted by Crippen LogP contribution is 2.43. The predicted molar refractivity (Wildman–Crippen MR) is 75.8 cm³/mol. The number of tetrazole rings is 1. The molecule has 1 aromatic heterocycles. The molecule has 0 aliphatic carbocycles. The molecule has 1 aromatic carbocycles. The minimum absolute atomic E-state index is 0.194. The van der Waals surface area contributed by atoms with E-state index in [4.69, 9.17) is 15.2 Å². The number of benzene rings is 1. The van der Waals surface area contributed by atoms with Crippen molar-refractivity contribution in [3.63, 3.8) is 0 Å². The first kappa shape index (κ1) is 12.6. The second-order valence-corrected chi connectivity index (χ2v) is 5.58. The van der Waals surface area contributed by atoms with E-state index in [1.54, 1.807) is 13.2 Å². The highest BCUT2D eigenvalue weighted by molar-refractivity contribution is 5.68. The predicted octanol–water partition coefficient (Wildman–Crippen LogP) is 1.42. The van der Waals surface area contributed by atoms with Gasteiger partial charge in [0.25, 0.3) is 0 Å². The van der Waals surface area contributed by atoms with Crippen LogP contribution in [-0.2, 0) is 4.74 Å². The molecule has 21 heavy (non-hydrogen) atoms. The second kappa shape index (κ2) is 4.70. The van der Waals surface area contributed by atoms with Crippen LogP contribution in [0.5, 0.6) is 5.75 Å². The van der Waals surface area contributed by atoms with Gasteiger partial charge in [-0.15, -0.1) is 5.10 Å². The van der Waals surface area contributed by atoms with E-state index < -0.39 is 0 Å². The molecule has 0 radical (unpaired) electrons. The number of rotatable bonds is 3. The van der Waals surface area contributed by atoms with Crippen LogP contribution in [0.25, 0.3) is 11.4 Å². The fourth-order valence-electron chi connectivity index (χ4n) is 3.36. The van der Waals surface area contributed by atoms with Gasteiger partial charge in [0.05, 0.1) is 30.9 Å². The molecule has 0 saturated carbocycles. The average Bonchev–Trinajstić information content (AvgIpc) is 3.22. The Morgan fingerprint density at radius 2 is 2.29 bits per heavy atom. The Labute approximate surface area is 122 Å². The van der Waals surface area contributed by atoms with Crippen molar-refractivity contribution in [1.82, 2.24) is 20.2 Å². The first-order chi connectivity index (χ1) is 10.3. The van der Waals surface area contributed by atoms with Gasteiger partial charge in [0.1, 0.15) is 5.75 Å². The van der Waals surface area contributed by atoms with E-state index in [0.29, 0.717) is 23.4 Å². The van der Waals surface area contributed by atoms with Gasteiger partial charge in [0.15, 0.2) is 5.82 Å². The number of fused-ring (bicyclic) bond motifs is 2. The Hall–Kier alpha value is -2.15. The lowest BCUT2D eigenvalue weighted by Crippen LogP contribution is -2.23. The van der Waals surface area contributed by atoms with Crippen LogP contribution in [-0.4, -0.2) is 39.5 Å². The molecule has 7 nitrogen and oxygen atoms in total. The van der Waals surface area contributed by atoms with Crippen LogP contribution in [0.4, 0.5) is 5.69 Å². The summed E-state index contributed by atoms with van der Waals surface area (Å²) >= 11 is 0. The number of aromatic nitrogens is 4. The molecule has 2 saturated heterocycles. The van der Waals surface area contributed by atoms with Gasteiger partial charge in [-0.1, -0.05) is 0 Å². The van der Waals surface area contributed by atoms with Gasteiger partial charge in [-0.2, -0.15) is 0 Å². The van der Waals surface area contributed by atoms with Gasteiger partial charge < -0.3 is 15.2 Å². The van der Waals surface area contributed by atoms with Crippen LogP contribution in [0.2, 0.25) is 0 Å². The van der Waals surface area contributed by atoms with E-state index >= 15 is 0 Å². The van der Waals surface area contributed by atoms with Gasteiger partial charge in [-0.05, 0) is 47.9 Å². The summed E-state index contributed by atoms with van der Waals surface area (Å²) in [5.41, 5.74) is 7.36. The van der Waals surface area contributed by atoms with Crippen LogP contribution in [0.15, 0.2) is 18.2 Å². The van der Waals surface area contributed by atoms with Crippen molar-refractivity contribution < 1.29 is 9.47 Å². The number of anilines is 1. The van der Waals surface area contributed by atoms with Crippen LogP contribution in [0.1, 0.15) is 25.3 Å². The molecule has 2 fully saturated rings. The Kier molecular flexibility index (Phi) is 2.81. The highest BCUT2D eigenvalue weighted by Gasteiger charge is 2.43. The molecule has 4 rings (SSSR count). The van der Waals surface area contributed by atoms with E-state index in [-0.39, 0.29) is 12.1 Å². The van der Waals surface area contributed by atoms with Crippen LogP contribution < -0.4 is 10.5 Å². The standard InChI is InChI=1S/C14H17N5O2/c1-20-12-4-2-8(15)6-10(12)14-16-17-18-19(14)11-7-9-3-5-13(11)21-9/h2,4,6,9,11,13H,3,5,7,15H2,1H3. The van der Waals surface area contributed by atoms with Crippen molar-refractivity contribution >= 4 is 5.69 Å². The SMILES string of the molecule is COc1ccc(N)cc1-c1nnnn1C1CC2CCC1O2. The minimum atomic E-state index is 0.194.